The topological polar surface area (TPSA) is 262 Å². The van der Waals surface area contributed by atoms with E-state index in [1.165, 1.54) is 33.9 Å². The van der Waals surface area contributed by atoms with Crippen molar-refractivity contribution < 1.29 is 47.0 Å². The third-order valence-corrected chi connectivity index (χ3v) is 8.73. The van der Waals surface area contributed by atoms with Crippen molar-refractivity contribution in [3.8, 4) is 22.6 Å². The largest absolute Gasteiger partial charge is 0.492 e. The van der Waals surface area contributed by atoms with Gasteiger partial charge in [-0.3, -0.25) is 24.0 Å². The number of aliphatic hydroxyl groups is 1. The molecule has 1 heterocycles. The van der Waals surface area contributed by atoms with Gasteiger partial charge in [0, 0.05) is 37.7 Å². The maximum absolute atomic E-state index is 14.1. The third-order valence-electron chi connectivity index (χ3n) is 8.02. The van der Waals surface area contributed by atoms with Crippen LogP contribution < -0.4 is 41.6 Å². The van der Waals surface area contributed by atoms with Gasteiger partial charge >= 0.3 is 0 Å². The molecule has 51 heavy (non-hydrogen) atoms. The van der Waals surface area contributed by atoms with Gasteiger partial charge in [-0.25, -0.2) is 13.1 Å². The highest BCUT2D eigenvalue weighted by Crippen LogP contribution is 2.40. The summed E-state index contributed by atoms with van der Waals surface area (Å²) in [7, 11) is -2.71. The van der Waals surface area contributed by atoms with Crippen molar-refractivity contribution in [2.75, 3.05) is 46.2 Å². The Morgan fingerprint density at radius 1 is 1.00 bits per heavy atom. The molecule has 0 aliphatic carbocycles. The molecule has 1 aliphatic rings. The van der Waals surface area contributed by atoms with Gasteiger partial charge in [0.1, 0.15) is 48.9 Å². The highest BCUT2D eigenvalue weighted by atomic mass is 32.2. The molecule has 5 unspecified atom stereocenters. The van der Waals surface area contributed by atoms with E-state index in [9.17, 15) is 37.5 Å². The fourth-order valence-corrected chi connectivity index (χ4v) is 5.99. The molecule has 4 amide bonds. The van der Waals surface area contributed by atoms with Crippen LogP contribution in [0, 0.1) is 0 Å². The number of ether oxygens (including phenoxy) is 2. The van der Waals surface area contributed by atoms with Crippen molar-refractivity contribution in [1.82, 2.24) is 25.6 Å². The van der Waals surface area contributed by atoms with Gasteiger partial charge in [-0.05, 0) is 56.2 Å². The summed E-state index contributed by atoms with van der Waals surface area (Å²) in [4.78, 5) is 67.5. The zero-order valence-corrected chi connectivity index (χ0v) is 30.0. The number of carbonyl (C=O) groups is 5. The van der Waals surface area contributed by atoms with Crippen molar-refractivity contribution in [2.45, 2.75) is 57.4 Å². The predicted octanol–water partition coefficient (Wildman–Crippen LogP) is -1.92. The lowest BCUT2D eigenvalue weighted by molar-refractivity contribution is -0.142. The zero-order valence-electron chi connectivity index (χ0n) is 29.2. The molecule has 2 aromatic rings. The number of sulfonamides is 1. The average molecular weight is 734 g/mol. The maximum atomic E-state index is 14.1. The maximum Gasteiger partial charge on any atom is 0.248 e. The SMILES string of the molecule is CC(=O)C(C)NC(=O)C1Cc2ccc(OCCN)c(c2)-c2cc(ccc2OCCN)C(N(C)C(=O)C(CO)NS(C)(=O)=O)C(=O)NC(C)C(=O)N1. The minimum Gasteiger partial charge on any atom is -0.492 e. The molecule has 18 heteroatoms. The van der Waals surface area contributed by atoms with E-state index in [1.54, 1.807) is 30.3 Å². The Bertz CT molecular complexity index is 1720. The number of likely N-dealkylation sites (N-methyl/N-ethyl adjacent to an activating group) is 1. The second-order valence-electron chi connectivity index (χ2n) is 12.2. The number of benzene rings is 2. The van der Waals surface area contributed by atoms with Crippen LogP contribution in [-0.2, 0) is 40.4 Å². The van der Waals surface area contributed by atoms with E-state index in [0.717, 1.165) is 11.2 Å². The number of carbonyl (C=O) groups excluding carboxylic acids is 5. The molecule has 5 atom stereocenters. The number of amides is 4. The monoisotopic (exact) mass is 733 g/mol. The molecule has 0 aromatic heterocycles. The van der Waals surface area contributed by atoms with E-state index in [2.05, 4.69) is 20.7 Å². The first-order valence-electron chi connectivity index (χ1n) is 16.2. The summed E-state index contributed by atoms with van der Waals surface area (Å²) in [6.45, 7) is 3.89. The molecule has 17 nitrogen and oxygen atoms in total. The van der Waals surface area contributed by atoms with Crippen molar-refractivity contribution in [3.63, 3.8) is 0 Å². The van der Waals surface area contributed by atoms with Crippen LogP contribution in [0.3, 0.4) is 0 Å². The van der Waals surface area contributed by atoms with Gasteiger partial charge in [-0.2, -0.15) is 0 Å². The molecule has 1 aliphatic heterocycles. The second-order valence-corrected chi connectivity index (χ2v) is 14.0. The van der Waals surface area contributed by atoms with Crippen LogP contribution in [0.2, 0.25) is 0 Å². The van der Waals surface area contributed by atoms with E-state index < -0.39 is 70.5 Å². The Kier molecular flexibility index (Phi) is 14.4. The first-order valence-corrected chi connectivity index (χ1v) is 18.1. The number of rotatable bonds is 14. The molecular weight excluding hydrogens is 686 g/mol. The summed E-state index contributed by atoms with van der Waals surface area (Å²) in [6.07, 6.45) is 0.790. The van der Waals surface area contributed by atoms with Crippen LogP contribution in [-0.4, -0.2) is 118 Å². The van der Waals surface area contributed by atoms with E-state index in [-0.39, 0.29) is 44.1 Å². The van der Waals surface area contributed by atoms with E-state index in [1.807, 2.05) is 0 Å². The Hall–Kier alpha value is -4.62. The molecule has 9 N–H and O–H groups in total. The molecule has 280 valence electrons. The van der Waals surface area contributed by atoms with Crippen LogP contribution in [0.1, 0.15) is 37.9 Å². The summed E-state index contributed by atoms with van der Waals surface area (Å²) in [5, 5.41) is 17.8. The van der Waals surface area contributed by atoms with Crippen LogP contribution in [0.5, 0.6) is 11.5 Å². The van der Waals surface area contributed by atoms with Crippen molar-refractivity contribution >= 4 is 39.4 Å². The van der Waals surface area contributed by atoms with Gasteiger partial charge in [0.2, 0.25) is 33.7 Å². The number of fused-ring (bicyclic) bond motifs is 5. The van der Waals surface area contributed by atoms with Crippen LogP contribution >= 0.6 is 0 Å². The number of nitrogens with one attached hydrogen (secondary N) is 4. The third kappa shape index (κ3) is 10.9. The van der Waals surface area contributed by atoms with Crippen molar-refractivity contribution in [3.05, 3.63) is 47.5 Å². The van der Waals surface area contributed by atoms with Gasteiger partial charge in [0.05, 0.1) is 18.9 Å². The number of hydrogen-bond donors (Lipinski definition) is 7. The smallest absolute Gasteiger partial charge is 0.248 e. The lowest BCUT2D eigenvalue weighted by Gasteiger charge is -2.32. The predicted molar refractivity (Wildman–Crippen MR) is 187 cm³/mol. The summed E-state index contributed by atoms with van der Waals surface area (Å²) in [5.74, 6) is -2.79. The number of aliphatic hydroxyl groups excluding tert-OH is 1. The quantitative estimate of drug-likeness (QED) is 0.112. The summed E-state index contributed by atoms with van der Waals surface area (Å²) >= 11 is 0. The zero-order chi connectivity index (χ0) is 38.0. The molecule has 0 spiro atoms. The van der Waals surface area contributed by atoms with E-state index >= 15 is 0 Å². The molecule has 4 bridgehead atoms. The van der Waals surface area contributed by atoms with Crippen molar-refractivity contribution in [1.29, 1.82) is 0 Å². The molecule has 0 radical (unpaired) electrons. The number of hydrogen-bond acceptors (Lipinski definition) is 12. The van der Waals surface area contributed by atoms with E-state index in [4.69, 9.17) is 20.9 Å². The van der Waals surface area contributed by atoms with Gasteiger partial charge in [0.15, 0.2) is 5.78 Å². The standard InChI is InChI=1S/C33H47N7O10S/c1-18(20(3)42)36-31(44)25-15-21-6-8-27(49-12-10-34)23(14-21)24-16-22(7-9-28(24)50-13-11-35)29(32(45)37-19(2)30(43)38-25)40(4)33(46)26(17-41)39-51(5,47)48/h6-9,14,16,18-19,25-26,29,39,41H,10-13,15,17,34-35H2,1-5H3,(H,36,44)(H,37,45)(H,38,43). The number of Topliss-reactive ketones (excluding diaryl/α,β-unsaturated/α-hetero) is 1. The van der Waals surface area contributed by atoms with Crippen LogP contribution in [0.25, 0.3) is 11.1 Å². The molecule has 0 fully saturated rings. The van der Waals surface area contributed by atoms with Crippen molar-refractivity contribution in [2.24, 2.45) is 11.5 Å². The lowest BCUT2D eigenvalue weighted by Crippen LogP contribution is -2.57. The molecular formula is C33H47N7O10S. The van der Waals surface area contributed by atoms with Gasteiger partial charge in [0.25, 0.3) is 0 Å². The fourth-order valence-electron chi connectivity index (χ4n) is 5.30. The highest BCUT2D eigenvalue weighted by molar-refractivity contribution is 7.88. The Labute approximate surface area is 296 Å². The van der Waals surface area contributed by atoms with Gasteiger partial charge < -0.3 is 46.9 Å². The molecule has 0 saturated heterocycles. The van der Waals surface area contributed by atoms with E-state index in [0.29, 0.717) is 28.2 Å². The van der Waals surface area contributed by atoms with Crippen LogP contribution in [0.15, 0.2) is 36.4 Å². The minimum absolute atomic E-state index is 0.0263. The summed E-state index contributed by atoms with van der Waals surface area (Å²) < 4.78 is 38.0. The highest BCUT2D eigenvalue weighted by Gasteiger charge is 2.36. The number of nitrogens with two attached hydrogens (primary N) is 2. The summed E-state index contributed by atoms with van der Waals surface area (Å²) in [6, 6.07) is 3.35. The second kappa shape index (κ2) is 18.0. The Morgan fingerprint density at radius 2 is 1.59 bits per heavy atom. The molecule has 0 saturated carbocycles. The summed E-state index contributed by atoms with van der Waals surface area (Å²) in [5.41, 5.74) is 13.1. The van der Waals surface area contributed by atoms with Gasteiger partial charge in [-0.15, -0.1) is 0 Å². The molecule has 3 rings (SSSR count). The normalized spacial score (nSPS) is 19.0. The lowest BCUT2D eigenvalue weighted by atomic mass is 9.93. The Morgan fingerprint density at radius 3 is 2.14 bits per heavy atom. The molecule has 2 aromatic carbocycles. The Balaban J connectivity index is 2.31. The number of nitrogens with zero attached hydrogens (tertiary/aromatic N) is 1. The average Bonchev–Trinajstić information content (AvgIpc) is 3.07. The van der Waals surface area contributed by atoms with Crippen LogP contribution in [0.4, 0.5) is 0 Å². The first-order chi connectivity index (χ1) is 24.0. The fraction of sp³-hybridized carbons (Fsp3) is 0.485. The minimum atomic E-state index is -3.96. The number of ketones is 1. The van der Waals surface area contributed by atoms with Gasteiger partial charge in [-0.1, -0.05) is 12.1 Å². The first kappa shape index (κ1) is 40.8.